The molecule has 2 aliphatic rings. The molecule has 128 valence electrons. The van der Waals surface area contributed by atoms with Crippen molar-refractivity contribution >= 4 is 61.9 Å². The van der Waals surface area contributed by atoms with E-state index in [9.17, 15) is 4.79 Å². The molecule has 0 atom stereocenters. The van der Waals surface area contributed by atoms with Crippen LogP contribution in [0.2, 0.25) is 0 Å². The maximum Gasteiger partial charge on any atom is 0.286 e. The molecule has 0 N–H and O–H groups in total. The predicted octanol–water partition coefficient (Wildman–Crippen LogP) is 4.30. The molecular formula is C18H16BrN3OS2. The number of hydrogen-bond donors (Lipinski definition) is 0. The van der Waals surface area contributed by atoms with Gasteiger partial charge in [0.1, 0.15) is 0 Å². The summed E-state index contributed by atoms with van der Waals surface area (Å²) in [6.45, 7) is 3.64. The number of thiophene rings is 1. The first-order valence-electron chi connectivity index (χ1n) is 8.02. The van der Waals surface area contributed by atoms with Crippen LogP contribution in [0, 0.1) is 0 Å². The van der Waals surface area contributed by atoms with Crippen LogP contribution in [0.3, 0.4) is 0 Å². The number of hydrogen-bond acceptors (Lipinski definition) is 5. The van der Waals surface area contributed by atoms with Crippen LogP contribution in [-0.4, -0.2) is 42.2 Å². The summed E-state index contributed by atoms with van der Waals surface area (Å²) >= 11 is 6.55. The number of carbonyl (C=O) groups excluding carboxylic acids is 1. The minimum atomic E-state index is -0.130. The highest BCUT2D eigenvalue weighted by molar-refractivity contribution is 9.11. The summed E-state index contributed by atoms with van der Waals surface area (Å²) in [7, 11) is 0. The van der Waals surface area contributed by atoms with Gasteiger partial charge in [-0.2, -0.15) is 4.99 Å². The van der Waals surface area contributed by atoms with Gasteiger partial charge in [0.2, 0.25) is 0 Å². The molecule has 1 fully saturated rings. The van der Waals surface area contributed by atoms with Gasteiger partial charge in [0, 0.05) is 36.7 Å². The van der Waals surface area contributed by atoms with E-state index in [-0.39, 0.29) is 5.91 Å². The van der Waals surface area contributed by atoms with Gasteiger partial charge in [0.05, 0.1) is 8.69 Å². The Morgan fingerprint density at radius 1 is 1.00 bits per heavy atom. The summed E-state index contributed by atoms with van der Waals surface area (Å²) in [6.07, 6.45) is 1.93. The Morgan fingerprint density at radius 2 is 1.72 bits per heavy atom. The third kappa shape index (κ3) is 3.83. The first kappa shape index (κ1) is 16.9. The molecule has 1 aromatic heterocycles. The number of aliphatic imine (C=N–C) groups is 1. The fourth-order valence-corrected chi connectivity index (χ4v) is 5.26. The van der Waals surface area contributed by atoms with Gasteiger partial charge in [-0.1, -0.05) is 18.2 Å². The van der Waals surface area contributed by atoms with Gasteiger partial charge >= 0.3 is 0 Å². The van der Waals surface area contributed by atoms with Gasteiger partial charge in [0.25, 0.3) is 5.91 Å². The summed E-state index contributed by atoms with van der Waals surface area (Å²) < 4.78 is 1.06. The summed E-state index contributed by atoms with van der Waals surface area (Å²) in [4.78, 5) is 22.8. The van der Waals surface area contributed by atoms with Crippen LogP contribution in [0.15, 0.2) is 56.1 Å². The summed E-state index contributed by atoms with van der Waals surface area (Å²) in [5.74, 6) is -0.130. The van der Waals surface area contributed by atoms with Crippen LogP contribution in [-0.2, 0) is 4.79 Å². The highest BCUT2D eigenvalue weighted by Crippen LogP contribution is 2.33. The van der Waals surface area contributed by atoms with Gasteiger partial charge in [-0.3, -0.25) is 4.79 Å². The Balaban J connectivity index is 1.40. The molecule has 0 aliphatic carbocycles. The fourth-order valence-electron chi connectivity index (χ4n) is 2.86. The molecular weight excluding hydrogens is 418 g/mol. The standard InChI is InChI=1S/C18H16BrN3OS2/c19-16-7-6-14(24-16)12-15-17(23)20-18(25-15)22-10-8-21(9-11-22)13-4-2-1-3-5-13/h1-7,12H,8-11H2/b15-12-. The second kappa shape index (κ2) is 7.35. The Kier molecular flexibility index (Phi) is 4.96. The van der Waals surface area contributed by atoms with Crippen molar-refractivity contribution in [3.63, 3.8) is 0 Å². The number of carbonyl (C=O) groups is 1. The zero-order chi connectivity index (χ0) is 17.2. The lowest BCUT2D eigenvalue weighted by atomic mass is 10.2. The fraction of sp³-hybridized carbons (Fsp3) is 0.222. The maximum absolute atomic E-state index is 12.2. The van der Waals surface area contributed by atoms with Crippen molar-refractivity contribution in [2.24, 2.45) is 4.99 Å². The van der Waals surface area contributed by atoms with E-state index >= 15 is 0 Å². The quantitative estimate of drug-likeness (QED) is 0.661. The first-order valence-corrected chi connectivity index (χ1v) is 10.4. The van der Waals surface area contributed by atoms with Crippen LogP contribution in [0.25, 0.3) is 6.08 Å². The van der Waals surface area contributed by atoms with E-state index in [4.69, 9.17) is 0 Å². The molecule has 0 unspecified atom stereocenters. The van der Waals surface area contributed by atoms with Gasteiger partial charge < -0.3 is 9.80 Å². The molecule has 2 aromatic rings. The lowest BCUT2D eigenvalue weighted by molar-refractivity contribution is -0.113. The molecule has 25 heavy (non-hydrogen) atoms. The van der Waals surface area contributed by atoms with Crippen LogP contribution in [0.5, 0.6) is 0 Å². The number of amides is 1. The molecule has 0 spiro atoms. The number of nitrogens with zero attached hydrogens (tertiary/aromatic N) is 3. The third-order valence-electron chi connectivity index (χ3n) is 4.15. The van der Waals surface area contributed by atoms with E-state index in [0.717, 1.165) is 40.0 Å². The Morgan fingerprint density at radius 3 is 2.40 bits per heavy atom. The number of para-hydroxylation sites is 1. The maximum atomic E-state index is 12.2. The summed E-state index contributed by atoms with van der Waals surface area (Å²) in [5, 5.41) is 0.833. The van der Waals surface area contributed by atoms with Crippen molar-refractivity contribution in [1.82, 2.24) is 4.90 Å². The van der Waals surface area contributed by atoms with Crippen molar-refractivity contribution in [3.05, 3.63) is 56.0 Å². The molecule has 0 saturated carbocycles. The Bertz CT molecular complexity index is 839. The number of piperazine rings is 1. The number of benzene rings is 1. The lowest BCUT2D eigenvalue weighted by Crippen LogP contribution is -2.47. The van der Waals surface area contributed by atoms with Gasteiger partial charge in [-0.15, -0.1) is 11.3 Å². The minimum absolute atomic E-state index is 0.130. The summed E-state index contributed by atoms with van der Waals surface area (Å²) in [6, 6.07) is 14.4. The SMILES string of the molecule is O=C1N=C(N2CCN(c3ccccc3)CC2)S/C1=C\c1ccc(Br)s1. The lowest BCUT2D eigenvalue weighted by Gasteiger charge is -2.36. The smallest absolute Gasteiger partial charge is 0.286 e. The molecule has 7 heteroatoms. The average molecular weight is 434 g/mol. The Labute approximate surface area is 163 Å². The number of anilines is 1. The zero-order valence-electron chi connectivity index (χ0n) is 13.4. The van der Waals surface area contributed by atoms with E-state index < -0.39 is 0 Å². The predicted molar refractivity (Wildman–Crippen MR) is 110 cm³/mol. The second-order valence-corrected chi connectivity index (χ2v) is 9.27. The molecule has 3 heterocycles. The number of halogens is 1. The van der Waals surface area contributed by atoms with Gasteiger partial charge in [0.15, 0.2) is 5.17 Å². The molecule has 1 amide bonds. The van der Waals surface area contributed by atoms with Crippen LogP contribution >= 0.6 is 39.0 Å². The van der Waals surface area contributed by atoms with Crippen molar-refractivity contribution in [1.29, 1.82) is 0 Å². The largest absolute Gasteiger partial charge is 0.368 e. The molecule has 0 radical (unpaired) electrons. The first-order chi connectivity index (χ1) is 12.2. The summed E-state index contributed by atoms with van der Waals surface area (Å²) in [5.41, 5.74) is 1.25. The zero-order valence-corrected chi connectivity index (χ0v) is 16.6. The highest BCUT2D eigenvalue weighted by atomic mass is 79.9. The molecule has 2 aliphatic heterocycles. The van der Waals surface area contributed by atoms with Crippen LogP contribution in [0.1, 0.15) is 4.88 Å². The van der Waals surface area contributed by atoms with E-state index in [2.05, 4.69) is 55.0 Å². The topological polar surface area (TPSA) is 35.9 Å². The van der Waals surface area contributed by atoms with Crippen molar-refractivity contribution in [3.8, 4) is 0 Å². The van der Waals surface area contributed by atoms with E-state index in [1.54, 1.807) is 11.3 Å². The van der Waals surface area contributed by atoms with E-state index in [0.29, 0.717) is 4.91 Å². The van der Waals surface area contributed by atoms with Crippen molar-refractivity contribution < 1.29 is 4.79 Å². The normalized spacial score (nSPS) is 19.6. The molecule has 1 saturated heterocycles. The molecule has 4 nitrogen and oxygen atoms in total. The van der Waals surface area contributed by atoms with Crippen molar-refractivity contribution in [2.45, 2.75) is 0 Å². The number of amidine groups is 1. The molecule has 4 rings (SSSR count). The highest BCUT2D eigenvalue weighted by Gasteiger charge is 2.28. The minimum Gasteiger partial charge on any atom is -0.368 e. The van der Waals surface area contributed by atoms with Crippen LogP contribution in [0.4, 0.5) is 5.69 Å². The third-order valence-corrected chi connectivity index (χ3v) is 6.76. The van der Waals surface area contributed by atoms with Crippen molar-refractivity contribution in [2.75, 3.05) is 31.1 Å². The monoisotopic (exact) mass is 433 g/mol. The van der Waals surface area contributed by atoms with E-state index in [1.165, 1.54) is 17.4 Å². The Hall–Kier alpha value is -1.57. The van der Waals surface area contributed by atoms with Gasteiger partial charge in [-0.25, -0.2) is 0 Å². The number of rotatable bonds is 2. The molecule has 1 aromatic carbocycles. The van der Waals surface area contributed by atoms with E-state index in [1.807, 2.05) is 24.3 Å². The molecule has 0 bridgehead atoms. The van der Waals surface area contributed by atoms with Crippen LogP contribution < -0.4 is 4.90 Å². The van der Waals surface area contributed by atoms with Gasteiger partial charge in [-0.05, 0) is 58.0 Å². The number of thioether (sulfide) groups is 1. The average Bonchev–Trinajstić information content (AvgIpc) is 3.22. The second-order valence-electron chi connectivity index (χ2n) is 5.76.